The summed E-state index contributed by atoms with van der Waals surface area (Å²) < 4.78 is 25.1. The second-order valence-electron chi connectivity index (χ2n) is 3.19. The van der Waals surface area contributed by atoms with Crippen molar-refractivity contribution in [3.05, 3.63) is 0 Å². The predicted molar refractivity (Wildman–Crippen MR) is 38.9 cm³/mol. The molecule has 0 atom stereocenters. The van der Waals surface area contributed by atoms with E-state index in [4.69, 9.17) is 4.62 Å². The average Bonchev–Trinajstić information content (AvgIpc) is 2.36. The third-order valence-corrected chi connectivity index (χ3v) is 2.68. The maximum Gasteiger partial charge on any atom is 0.532 e. The fourth-order valence-electron chi connectivity index (χ4n) is 0.925. The molecular weight excluding hydrogens is 183 g/mol. The summed E-state index contributed by atoms with van der Waals surface area (Å²) in [6.07, 6.45) is 0.934. The zero-order valence-electron chi connectivity index (χ0n) is 6.97. The minimum Gasteiger partial charge on any atom is -0.223 e. The van der Waals surface area contributed by atoms with Gasteiger partial charge >= 0.3 is 7.82 Å². The van der Waals surface area contributed by atoms with E-state index in [0.717, 1.165) is 11.8 Å². The van der Waals surface area contributed by atoms with Gasteiger partial charge in [0.15, 0.2) is 0 Å². The number of rotatable bonds is 3. The molecule has 0 amide bonds. The van der Waals surface area contributed by atoms with Gasteiger partial charge in [0.05, 0.1) is 5.34 Å². The van der Waals surface area contributed by atoms with Gasteiger partial charge in [-0.3, -0.25) is 0 Å². The summed E-state index contributed by atoms with van der Waals surface area (Å²) in [5.74, 6) is 0.563. The quantitative estimate of drug-likeness (QED) is 0.634. The fraction of sp³-hybridized carbons (Fsp3) is 1.00. The zero-order chi connectivity index (χ0) is 8.77. The highest BCUT2D eigenvalue weighted by Crippen LogP contribution is 2.66. The Hall–Kier alpha value is 0.0300. The Bertz CT molecular complexity index is 223. The number of hydrogen-bond acceptors (Lipinski definition) is 6. The van der Waals surface area contributed by atoms with Crippen molar-refractivity contribution in [1.82, 2.24) is 10.5 Å². The van der Waals surface area contributed by atoms with Crippen molar-refractivity contribution in [1.29, 1.82) is 0 Å². The first-order valence-electron chi connectivity index (χ1n) is 3.86. The van der Waals surface area contributed by atoms with Gasteiger partial charge in [0.2, 0.25) is 0 Å². The predicted octanol–water partition coefficient (Wildman–Crippen LogP) is 1.48. The summed E-state index contributed by atoms with van der Waals surface area (Å²) in [6.45, 7) is 4.82. The summed E-state index contributed by atoms with van der Waals surface area (Å²) in [5, 5.41) is 2.35. The number of hydroxylamine groups is 1. The van der Waals surface area contributed by atoms with Gasteiger partial charge in [-0.05, 0) is 12.3 Å². The molecule has 3 aliphatic heterocycles. The second kappa shape index (κ2) is 2.77. The van der Waals surface area contributed by atoms with E-state index in [2.05, 4.69) is 23.1 Å². The van der Waals surface area contributed by atoms with Crippen LogP contribution in [0.3, 0.4) is 0 Å². The summed E-state index contributed by atoms with van der Waals surface area (Å²) in [4.78, 5) is 0. The Morgan fingerprint density at radius 3 is 2.42 bits per heavy atom. The van der Waals surface area contributed by atoms with Gasteiger partial charge in [-0.1, -0.05) is 19.0 Å². The van der Waals surface area contributed by atoms with Crippen LogP contribution in [0.2, 0.25) is 0 Å². The van der Waals surface area contributed by atoms with E-state index in [1.54, 1.807) is 0 Å². The third kappa shape index (κ3) is 1.42. The number of nitrogens with zero attached hydrogens (tertiary/aromatic N) is 2. The molecule has 12 heavy (non-hydrogen) atoms. The summed E-state index contributed by atoms with van der Waals surface area (Å²) >= 11 is 0. The molecule has 0 N–H and O–H groups in total. The number of fused-ring (bicyclic) bond motifs is 1. The molecule has 0 spiro atoms. The highest BCUT2D eigenvalue weighted by molar-refractivity contribution is 7.49. The van der Waals surface area contributed by atoms with Crippen molar-refractivity contribution in [3.8, 4) is 0 Å². The van der Waals surface area contributed by atoms with Crippen LogP contribution in [0.5, 0.6) is 0 Å². The van der Waals surface area contributed by atoms with Crippen LogP contribution in [-0.2, 0) is 18.4 Å². The monoisotopic (exact) mass is 194 g/mol. The summed E-state index contributed by atoms with van der Waals surface area (Å²) in [6, 6.07) is 0. The lowest BCUT2D eigenvalue weighted by Crippen LogP contribution is -2.35. The normalized spacial score (nSPS) is 40.4. The van der Waals surface area contributed by atoms with Crippen LogP contribution < -0.4 is 0 Å². The van der Waals surface area contributed by atoms with Crippen molar-refractivity contribution in [2.75, 3.05) is 6.54 Å². The minimum atomic E-state index is -3.16. The fourth-order valence-corrected chi connectivity index (χ4v) is 1.87. The molecule has 0 aromatic heterocycles. The topological polar surface area (TPSA) is 51.2 Å². The van der Waals surface area contributed by atoms with Crippen molar-refractivity contribution in [3.63, 3.8) is 0 Å². The van der Waals surface area contributed by atoms with Crippen LogP contribution in [0.4, 0.5) is 0 Å². The van der Waals surface area contributed by atoms with Crippen LogP contribution in [-0.4, -0.2) is 17.1 Å². The van der Waals surface area contributed by atoms with Gasteiger partial charge in [0.25, 0.3) is 0 Å². The molecule has 3 heterocycles. The average molecular weight is 194 g/mol. The first-order valence-corrected chi connectivity index (χ1v) is 5.32. The van der Waals surface area contributed by atoms with E-state index in [1.165, 1.54) is 5.17 Å². The van der Waals surface area contributed by atoms with Crippen LogP contribution >= 0.6 is 7.82 Å². The third-order valence-electron chi connectivity index (χ3n) is 1.61. The standard InChI is InChI=1S/C5H11N2O4P/c1-5(2)3-4-6-7-10-12(8,9-6)11-7/h5H,3-4H2,1-2H3. The molecule has 0 aromatic rings. The summed E-state index contributed by atoms with van der Waals surface area (Å²) in [5.41, 5.74) is 0. The highest BCUT2D eigenvalue weighted by Gasteiger charge is 2.59. The number of phosphoric acid groups is 1. The van der Waals surface area contributed by atoms with Gasteiger partial charge in [0.1, 0.15) is 0 Å². The van der Waals surface area contributed by atoms with Gasteiger partial charge < -0.3 is 0 Å². The van der Waals surface area contributed by atoms with E-state index < -0.39 is 7.82 Å². The molecule has 70 valence electrons. The second-order valence-corrected chi connectivity index (χ2v) is 4.57. The van der Waals surface area contributed by atoms with Crippen LogP contribution in [0.15, 0.2) is 0 Å². The molecular formula is C5H11N2O4P. The van der Waals surface area contributed by atoms with Crippen molar-refractivity contribution in [2.24, 2.45) is 5.92 Å². The van der Waals surface area contributed by atoms with Crippen LogP contribution in [0, 0.1) is 5.92 Å². The molecule has 3 saturated heterocycles. The minimum absolute atomic E-state index is 0.563. The Balaban J connectivity index is 1.81. The van der Waals surface area contributed by atoms with Gasteiger partial charge in [-0.25, -0.2) is 4.57 Å². The van der Waals surface area contributed by atoms with E-state index in [-0.39, 0.29) is 0 Å². The molecule has 0 unspecified atom stereocenters. The summed E-state index contributed by atoms with van der Waals surface area (Å²) in [7, 11) is -3.16. The highest BCUT2D eigenvalue weighted by atomic mass is 31.2. The molecule has 0 aliphatic carbocycles. The van der Waals surface area contributed by atoms with E-state index in [9.17, 15) is 4.57 Å². The first-order chi connectivity index (χ1) is 5.59. The van der Waals surface area contributed by atoms with Crippen molar-refractivity contribution in [2.45, 2.75) is 20.3 Å². The maximum atomic E-state index is 11.0. The Morgan fingerprint density at radius 2 is 2.00 bits per heavy atom. The lowest BCUT2D eigenvalue weighted by molar-refractivity contribution is -0.425. The van der Waals surface area contributed by atoms with Gasteiger partial charge in [-0.15, -0.1) is 9.25 Å². The van der Waals surface area contributed by atoms with Gasteiger partial charge in [-0.2, -0.15) is 4.62 Å². The van der Waals surface area contributed by atoms with Crippen LogP contribution in [0.25, 0.3) is 0 Å². The zero-order valence-corrected chi connectivity index (χ0v) is 7.86. The van der Waals surface area contributed by atoms with E-state index in [0.29, 0.717) is 12.5 Å². The molecule has 2 bridgehead atoms. The molecule has 6 nitrogen and oxygen atoms in total. The molecule has 3 fully saturated rings. The largest absolute Gasteiger partial charge is 0.532 e. The lowest BCUT2D eigenvalue weighted by Gasteiger charge is -2.21. The molecule has 0 saturated carbocycles. The maximum absolute atomic E-state index is 11.0. The molecule has 3 aliphatic rings. The Kier molecular flexibility index (Phi) is 1.99. The lowest BCUT2D eigenvalue weighted by atomic mass is 10.1. The smallest absolute Gasteiger partial charge is 0.223 e. The Morgan fingerprint density at radius 1 is 1.33 bits per heavy atom. The molecule has 0 aromatic carbocycles. The molecule has 3 rings (SSSR count). The first kappa shape index (κ1) is 8.62. The SMILES string of the molecule is CC(C)CCN1OP2(=O)ON1O2. The van der Waals surface area contributed by atoms with Crippen LogP contribution in [0.1, 0.15) is 20.3 Å². The van der Waals surface area contributed by atoms with Gasteiger partial charge in [0, 0.05) is 6.54 Å². The van der Waals surface area contributed by atoms with E-state index >= 15 is 0 Å². The molecule has 0 radical (unpaired) electrons. The number of hydrogen-bond donors (Lipinski definition) is 0. The Labute approximate surface area is 70.4 Å². The number of hydrazine groups is 1. The van der Waals surface area contributed by atoms with Crippen molar-refractivity contribution < 1.29 is 18.4 Å². The van der Waals surface area contributed by atoms with E-state index in [1.807, 2.05) is 0 Å². The molecule has 7 heteroatoms. The van der Waals surface area contributed by atoms with Crippen molar-refractivity contribution >= 4 is 7.82 Å².